The van der Waals surface area contributed by atoms with E-state index in [-0.39, 0.29) is 5.97 Å². The molecule has 0 fully saturated rings. The average Bonchev–Trinajstić information content (AvgIpc) is 2.37. The van der Waals surface area contributed by atoms with Crippen molar-refractivity contribution in [3.63, 3.8) is 0 Å². The van der Waals surface area contributed by atoms with Crippen molar-refractivity contribution < 1.29 is 9.53 Å². The van der Waals surface area contributed by atoms with Crippen molar-refractivity contribution in [3.8, 4) is 11.1 Å². The number of carbonyl (C=O) groups excluding carboxylic acids is 1. The SMILES string of the molecule is Cc1cncc(-c2ccc(C(=O)OC(C)(C)C)cc2)c1. The van der Waals surface area contributed by atoms with E-state index < -0.39 is 5.60 Å². The minimum atomic E-state index is -0.476. The summed E-state index contributed by atoms with van der Waals surface area (Å²) in [6.45, 7) is 7.58. The molecule has 0 spiro atoms. The summed E-state index contributed by atoms with van der Waals surface area (Å²) in [5.41, 5.74) is 3.27. The largest absolute Gasteiger partial charge is 0.456 e. The van der Waals surface area contributed by atoms with Crippen molar-refractivity contribution in [2.24, 2.45) is 0 Å². The first-order valence-corrected chi connectivity index (χ1v) is 6.60. The van der Waals surface area contributed by atoms with E-state index in [2.05, 4.69) is 11.1 Å². The number of aryl methyl sites for hydroxylation is 1. The number of nitrogens with zero attached hydrogens (tertiary/aromatic N) is 1. The molecule has 0 saturated heterocycles. The Morgan fingerprint density at radius 3 is 2.25 bits per heavy atom. The van der Waals surface area contributed by atoms with Crippen molar-refractivity contribution in [2.45, 2.75) is 33.3 Å². The highest BCUT2D eigenvalue weighted by Crippen LogP contribution is 2.21. The first kappa shape index (κ1) is 14.3. The maximum atomic E-state index is 11.9. The van der Waals surface area contributed by atoms with Crippen LogP contribution >= 0.6 is 0 Å². The van der Waals surface area contributed by atoms with E-state index >= 15 is 0 Å². The van der Waals surface area contributed by atoms with Crippen molar-refractivity contribution in [3.05, 3.63) is 53.9 Å². The fourth-order valence-electron chi connectivity index (χ4n) is 1.85. The molecule has 3 nitrogen and oxygen atoms in total. The van der Waals surface area contributed by atoms with Gasteiger partial charge in [0.1, 0.15) is 5.60 Å². The zero-order chi connectivity index (χ0) is 14.8. The molecule has 1 heterocycles. The molecular formula is C17H19NO2. The molecule has 0 unspecified atom stereocenters. The number of aromatic nitrogens is 1. The lowest BCUT2D eigenvalue weighted by molar-refractivity contribution is 0.00696. The Morgan fingerprint density at radius 2 is 1.70 bits per heavy atom. The van der Waals surface area contributed by atoms with Crippen molar-refractivity contribution in [1.82, 2.24) is 4.98 Å². The number of hydrogen-bond acceptors (Lipinski definition) is 3. The number of ether oxygens (including phenoxy) is 1. The van der Waals surface area contributed by atoms with Crippen LogP contribution in [0, 0.1) is 6.92 Å². The summed E-state index contributed by atoms with van der Waals surface area (Å²) in [5.74, 6) is -0.300. The van der Waals surface area contributed by atoms with Crippen LogP contribution in [0.1, 0.15) is 36.7 Å². The van der Waals surface area contributed by atoms with E-state index in [0.717, 1.165) is 16.7 Å². The molecule has 1 aromatic carbocycles. The molecule has 2 aromatic rings. The molecule has 2 rings (SSSR count). The van der Waals surface area contributed by atoms with Crippen LogP contribution in [0.3, 0.4) is 0 Å². The molecule has 0 N–H and O–H groups in total. The molecule has 104 valence electrons. The van der Waals surface area contributed by atoms with Gasteiger partial charge in [-0.25, -0.2) is 4.79 Å². The summed E-state index contributed by atoms with van der Waals surface area (Å²) in [6, 6.07) is 9.46. The molecular weight excluding hydrogens is 250 g/mol. The molecule has 3 heteroatoms. The number of hydrogen-bond donors (Lipinski definition) is 0. The van der Waals surface area contributed by atoms with Gasteiger partial charge < -0.3 is 4.74 Å². The van der Waals surface area contributed by atoms with Gasteiger partial charge in [-0.05, 0) is 57.0 Å². The van der Waals surface area contributed by atoms with Gasteiger partial charge in [0, 0.05) is 18.0 Å². The lowest BCUT2D eigenvalue weighted by atomic mass is 10.0. The van der Waals surface area contributed by atoms with E-state index in [1.807, 2.05) is 52.2 Å². The third-order valence-corrected chi connectivity index (χ3v) is 2.73. The van der Waals surface area contributed by atoms with Crippen LogP contribution in [0.2, 0.25) is 0 Å². The standard InChI is InChI=1S/C17H19NO2/c1-12-9-15(11-18-10-12)13-5-7-14(8-6-13)16(19)20-17(2,3)4/h5-11H,1-4H3. The number of pyridine rings is 1. The summed E-state index contributed by atoms with van der Waals surface area (Å²) >= 11 is 0. The molecule has 0 atom stereocenters. The number of rotatable bonds is 2. The molecule has 1 aromatic heterocycles. The number of carbonyl (C=O) groups is 1. The lowest BCUT2D eigenvalue weighted by Crippen LogP contribution is -2.23. The predicted molar refractivity (Wildman–Crippen MR) is 79.6 cm³/mol. The highest BCUT2D eigenvalue weighted by atomic mass is 16.6. The molecule has 0 aliphatic heterocycles. The van der Waals surface area contributed by atoms with Crippen LogP contribution in [0.4, 0.5) is 0 Å². The molecule has 0 aliphatic rings. The maximum Gasteiger partial charge on any atom is 0.338 e. The highest BCUT2D eigenvalue weighted by Gasteiger charge is 2.17. The highest BCUT2D eigenvalue weighted by molar-refractivity contribution is 5.90. The summed E-state index contributed by atoms with van der Waals surface area (Å²) in [6.07, 6.45) is 3.63. The van der Waals surface area contributed by atoms with Gasteiger partial charge in [0.05, 0.1) is 5.56 Å². The molecule has 0 amide bonds. The Kier molecular flexibility index (Phi) is 3.89. The second-order valence-electron chi connectivity index (χ2n) is 5.83. The smallest absolute Gasteiger partial charge is 0.338 e. The van der Waals surface area contributed by atoms with Gasteiger partial charge in [-0.2, -0.15) is 0 Å². The minimum absolute atomic E-state index is 0.300. The summed E-state index contributed by atoms with van der Waals surface area (Å²) in [5, 5.41) is 0. The predicted octanol–water partition coefficient (Wildman–Crippen LogP) is 4.01. The maximum absolute atomic E-state index is 11.9. The Labute approximate surface area is 119 Å². The Balaban J connectivity index is 2.20. The first-order chi connectivity index (χ1) is 9.35. The molecule has 20 heavy (non-hydrogen) atoms. The topological polar surface area (TPSA) is 39.2 Å². The molecule has 0 saturated carbocycles. The van der Waals surface area contributed by atoms with Crippen molar-refractivity contribution in [2.75, 3.05) is 0 Å². The van der Waals surface area contributed by atoms with Gasteiger partial charge in [0.2, 0.25) is 0 Å². The van der Waals surface area contributed by atoms with Crippen molar-refractivity contribution >= 4 is 5.97 Å². The summed E-state index contributed by atoms with van der Waals surface area (Å²) in [7, 11) is 0. The molecule has 0 radical (unpaired) electrons. The second-order valence-corrected chi connectivity index (χ2v) is 5.83. The third-order valence-electron chi connectivity index (χ3n) is 2.73. The Morgan fingerprint density at radius 1 is 1.05 bits per heavy atom. The van der Waals surface area contributed by atoms with Crippen LogP contribution in [0.25, 0.3) is 11.1 Å². The normalized spacial score (nSPS) is 11.2. The van der Waals surface area contributed by atoms with Crippen molar-refractivity contribution in [1.29, 1.82) is 0 Å². The van der Waals surface area contributed by atoms with Gasteiger partial charge in [0.25, 0.3) is 0 Å². The zero-order valence-corrected chi connectivity index (χ0v) is 12.3. The van der Waals surface area contributed by atoms with E-state index in [9.17, 15) is 4.79 Å². The lowest BCUT2D eigenvalue weighted by Gasteiger charge is -2.19. The van der Waals surface area contributed by atoms with E-state index in [1.165, 1.54) is 0 Å². The fraction of sp³-hybridized carbons (Fsp3) is 0.294. The van der Waals surface area contributed by atoms with Gasteiger partial charge >= 0.3 is 5.97 Å². The first-order valence-electron chi connectivity index (χ1n) is 6.60. The zero-order valence-electron chi connectivity index (χ0n) is 12.3. The summed E-state index contributed by atoms with van der Waals surface area (Å²) in [4.78, 5) is 16.1. The van der Waals surface area contributed by atoms with Gasteiger partial charge in [-0.15, -0.1) is 0 Å². The van der Waals surface area contributed by atoms with Crippen LogP contribution < -0.4 is 0 Å². The minimum Gasteiger partial charge on any atom is -0.456 e. The monoisotopic (exact) mass is 269 g/mol. The van der Waals surface area contributed by atoms with Gasteiger partial charge in [-0.3, -0.25) is 4.98 Å². The second kappa shape index (κ2) is 5.45. The van der Waals surface area contributed by atoms with E-state index in [0.29, 0.717) is 5.56 Å². The third kappa shape index (κ3) is 3.67. The van der Waals surface area contributed by atoms with Crippen LogP contribution in [0.15, 0.2) is 42.7 Å². The fourth-order valence-corrected chi connectivity index (χ4v) is 1.85. The summed E-state index contributed by atoms with van der Waals surface area (Å²) < 4.78 is 5.34. The van der Waals surface area contributed by atoms with Gasteiger partial charge in [0.15, 0.2) is 0 Å². The quantitative estimate of drug-likeness (QED) is 0.773. The molecule has 0 aliphatic carbocycles. The van der Waals surface area contributed by atoms with Crippen LogP contribution in [-0.2, 0) is 4.74 Å². The number of esters is 1. The van der Waals surface area contributed by atoms with E-state index in [1.54, 1.807) is 12.1 Å². The average molecular weight is 269 g/mol. The Bertz CT molecular complexity index is 610. The Hall–Kier alpha value is -2.16. The van der Waals surface area contributed by atoms with E-state index in [4.69, 9.17) is 4.74 Å². The van der Waals surface area contributed by atoms with Crippen LogP contribution in [-0.4, -0.2) is 16.6 Å². The van der Waals surface area contributed by atoms with Crippen LogP contribution in [0.5, 0.6) is 0 Å². The number of benzene rings is 1. The van der Waals surface area contributed by atoms with Gasteiger partial charge in [-0.1, -0.05) is 12.1 Å². The molecule has 0 bridgehead atoms.